The van der Waals surface area contributed by atoms with E-state index in [0.29, 0.717) is 29.1 Å². The summed E-state index contributed by atoms with van der Waals surface area (Å²) >= 11 is 6.21. The second-order valence-corrected chi connectivity index (χ2v) is 5.57. The number of hydrogen-bond donors (Lipinski definition) is 2. The second-order valence-electron chi connectivity index (χ2n) is 5.16. The zero-order chi connectivity index (χ0) is 15.9. The van der Waals surface area contributed by atoms with E-state index in [0.717, 1.165) is 31.6 Å². The van der Waals surface area contributed by atoms with E-state index in [2.05, 4.69) is 5.32 Å². The molecule has 0 aliphatic carbocycles. The van der Waals surface area contributed by atoms with Crippen molar-refractivity contribution in [1.29, 1.82) is 0 Å². The topological polar surface area (TPSA) is 82.8 Å². The molecule has 6 nitrogen and oxygen atoms in total. The fourth-order valence-electron chi connectivity index (χ4n) is 2.32. The summed E-state index contributed by atoms with van der Waals surface area (Å²) in [5.41, 5.74) is 6.04. The Hall–Kier alpha value is -1.50. The highest BCUT2D eigenvalue weighted by molar-refractivity contribution is 6.32. The standard InChI is InChI=1S/C15H21ClN2O4/c1-20-13-6-10(7-18-11-3-2-4-21-8-11)5-12(16)15(13)22-9-14(17)19/h5-6,11,18H,2-4,7-9H2,1H3,(H2,17,19). The molecular formula is C15H21ClN2O4. The molecule has 0 aromatic heterocycles. The van der Waals surface area contributed by atoms with Gasteiger partial charge in [-0.1, -0.05) is 11.6 Å². The molecule has 1 heterocycles. The third kappa shape index (κ3) is 4.76. The predicted octanol–water partition coefficient (Wildman–Crippen LogP) is 1.48. The fraction of sp³-hybridized carbons (Fsp3) is 0.533. The second kappa shape index (κ2) is 8.22. The summed E-state index contributed by atoms with van der Waals surface area (Å²) in [5.74, 6) is 0.235. The Morgan fingerprint density at radius 1 is 1.55 bits per heavy atom. The number of rotatable bonds is 7. The van der Waals surface area contributed by atoms with Gasteiger partial charge in [0.25, 0.3) is 5.91 Å². The van der Waals surface area contributed by atoms with Gasteiger partial charge in [0.2, 0.25) is 0 Å². The van der Waals surface area contributed by atoms with E-state index in [1.165, 1.54) is 7.11 Å². The third-order valence-corrected chi connectivity index (χ3v) is 3.68. The van der Waals surface area contributed by atoms with Gasteiger partial charge < -0.3 is 25.3 Å². The average Bonchev–Trinajstić information content (AvgIpc) is 2.52. The first-order valence-electron chi connectivity index (χ1n) is 7.18. The van der Waals surface area contributed by atoms with Gasteiger partial charge in [0.1, 0.15) is 0 Å². The van der Waals surface area contributed by atoms with Crippen molar-refractivity contribution in [1.82, 2.24) is 5.32 Å². The van der Waals surface area contributed by atoms with E-state index in [1.807, 2.05) is 6.07 Å². The smallest absolute Gasteiger partial charge is 0.255 e. The van der Waals surface area contributed by atoms with Crippen LogP contribution in [0.25, 0.3) is 0 Å². The summed E-state index contributed by atoms with van der Waals surface area (Å²) in [6.45, 7) is 1.97. The molecule has 0 saturated carbocycles. The van der Waals surface area contributed by atoms with Gasteiger partial charge in [-0.2, -0.15) is 0 Å². The van der Waals surface area contributed by atoms with E-state index < -0.39 is 5.91 Å². The number of nitrogens with two attached hydrogens (primary N) is 1. The molecule has 1 atom stereocenters. The molecule has 1 fully saturated rings. The summed E-state index contributed by atoms with van der Waals surface area (Å²) in [6, 6.07) is 3.97. The molecule has 3 N–H and O–H groups in total. The van der Waals surface area contributed by atoms with E-state index in [9.17, 15) is 4.79 Å². The first-order chi connectivity index (χ1) is 10.6. The fourth-order valence-corrected chi connectivity index (χ4v) is 2.61. The van der Waals surface area contributed by atoms with Crippen LogP contribution in [0.15, 0.2) is 12.1 Å². The highest BCUT2D eigenvalue weighted by atomic mass is 35.5. The van der Waals surface area contributed by atoms with Crippen LogP contribution in [0, 0.1) is 0 Å². The highest BCUT2D eigenvalue weighted by Gasteiger charge is 2.16. The van der Waals surface area contributed by atoms with Crippen LogP contribution in [0.3, 0.4) is 0 Å². The van der Waals surface area contributed by atoms with Crippen LogP contribution in [0.2, 0.25) is 5.02 Å². The Labute approximate surface area is 134 Å². The van der Waals surface area contributed by atoms with Crippen LogP contribution in [0.5, 0.6) is 11.5 Å². The number of primary amides is 1. The van der Waals surface area contributed by atoms with Crippen molar-refractivity contribution in [2.45, 2.75) is 25.4 Å². The summed E-state index contributed by atoms with van der Waals surface area (Å²) in [7, 11) is 1.52. The van der Waals surface area contributed by atoms with Crippen LogP contribution >= 0.6 is 11.6 Å². The van der Waals surface area contributed by atoms with Gasteiger partial charge in [-0.3, -0.25) is 4.79 Å². The molecule has 1 aliphatic heterocycles. The molecule has 1 amide bonds. The molecule has 1 aromatic rings. The Kier molecular flexibility index (Phi) is 6.30. The number of halogens is 1. The van der Waals surface area contributed by atoms with Gasteiger partial charge in [0.05, 0.1) is 18.7 Å². The number of carbonyl (C=O) groups excluding carboxylic acids is 1. The SMILES string of the molecule is COc1cc(CNC2CCCOC2)cc(Cl)c1OCC(N)=O. The minimum absolute atomic E-state index is 0.243. The van der Waals surface area contributed by atoms with Gasteiger partial charge in [-0.25, -0.2) is 0 Å². The molecule has 0 spiro atoms. The molecule has 7 heteroatoms. The lowest BCUT2D eigenvalue weighted by Gasteiger charge is -2.23. The van der Waals surface area contributed by atoms with Crippen molar-refractivity contribution in [3.05, 3.63) is 22.7 Å². The number of ether oxygens (including phenoxy) is 3. The van der Waals surface area contributed by atoms with Gasteiger partial charge >= 0.3 is 0 Å². The maximum Gasteiger partial charge on any atom is 0.255 e. The highest BCUT2D eigenvalue weighted by Crippen LogP contribution is 2.36. The van der Waals surface area contributed by atoms with Crippen molar-refractivity contribution in [3.63, 3.8) is 0 Å². The molecule has 2 rings (SSSR count). The van der Waals surface area contributed by atoms with E-state index in [-0.39, 0.29) is 6.61 Å². The minimum Gasteiger partial charge on any atom is -0.493 e. The number of carbonyl (C=O) groups is 1. The van der Waals surface area contributed by atoms with E-state index in [1.54, 1.807) is 6.07 Å². The maximum atomic E-state index is 10.8. The van der Waals surface area contributed by atoms with Crippen LogP contribution in [-0.2, 0) is 16.1 Å². The van der Waals surface area contributed by atoms with Crippen molar-refractivity contribution in [3.8, 4) is 11.5 Å². The lowest BCUT2D eigenvalue weighted by atomic mass is 10.1. The average molecular weight is 329 g/mol. The molecule has 1 aromatic carbocycles. The third-order valence-electron chi connectivity index (χ3n) is 3.40. The van der Waals surface area contributed by atoms with Crippen LogP contribution in [0.1, 0.15) is 18.4 Å². The Bertz CT molecular complexity index is 519. The van der Waals surface area contributed by atoms with Gasteiger partial charge in [-0.05, 0) is 30.5 Å². The molecule has 0 bridgehead atoms. The Balaban J connectivity index is 2.02. The normalized spacial score (nSPS) is 18.0. The summed E-state index contributed by atoms with van der Waals surface area (Å²) in [4.78, 5) is 10.8. The maximum absolute atomic E-state index is 10.8. The number of benzene rings is 1. The largest absolute Gasteiger partial charge is 0.493 e. The summed E-state index contributed by atoms with van der Waals surface area (Å²) < 4.78 is 16.0. The van der Waals surface area contributed by atoms with Crippen molar-refractivity contribution >= 4 is 17.5 Å². The van der Waals surface area contributed by atoms with Crippen LogP contribution < -0.4 is 20.5 Å². The number of methoxy groups -OCH3 is 1. The van der Waals surface area contributed by atoms with Crippen molar-refractivity contribution < 1.29 is 19.0 Å². The zero-order valence-electron chi connectivity index (χ0n) is 12.6. The molecule has 22 heavy (non-hydrogen) atoms. The molecule has 1 aliphatic rings. The predicted molar refractivity (Wildman–Crippen MR) is 83.4 cm³/mol. The first-order valence-corrected chi connectivity index (χ1v) is 7.56. The zero-order valence-corrected chi connectivity index (χ0v) is 13.3. The van der Waals surface area contributed by atoms with Crippen LogP contribution in [0.4, 0.5) is 0 Å². The van der Waals surface area contributed by atoms with Gasteiger partial charge in [-0.15, -0.1) is 0 Å². The molecule has 0 radical (unpaired) electrons. The van der Waals surface area contributed by atoms with E-state index >= 15 is 0 Å². The van der Waals surface area contributed by atoms with Gasteiger partial charge in [0, 0.05) is 19.2 Å². The number of nitrogens with one attached hydrogen (secondary N) is 1. The summed E-state index contributed by atoms with van der Waals surface area (Å²) in [5, 5.41) is 3.82. The molecule has 1 unspecified atom stereocenters. The Morgan fingerprint density at radius 2 is 2.36 bits per heavy atom. The van der Waals surface area contributed by atoms with E-state index in [4.69, 9.17) is 31.5 Å². The Morgan fingerprint density at radius 3 is 3.00 bits per heavy atom. The quantitative estimate of drug-likeness (QED) is 0.792. The van der Waals surface area contributed by atoms with Crippen molar-refractivity contribution in [2.24, 2.45) is 5.73 Å². The summed E-state index contributed by atoms with van der Waals surface area (Å²) in [6.07, 6.45) is 2.17. The molecule has 1 saturated heterocycles. The minimum atomic E-state index is -0.568. The van der Waals surface area contributed by atoms with Gasteiger partial charge in [0.15, 0.2) is 18.1 Å². The molecular weight excluding hydrogens is 308 g/mol. The van der Waals surface area contributed by atoms with Crippen LogP contribution in [-0.4, -0.2) is 38.9 Å². The number of amides is 1. The lowest BCUT2D eigenvalue weighted by Crippen LogP contribution is -2.36. The van der Waals surface area contributed by atoms with Crippen molar-refractivity contribution in [2.75, 3.05) is 26.9 Å². The number of hydrogen-bond acceptors (Lipinski definition) is 5. The lowest BCUT2D eigenvalue weighted by molar-refractivity contribution is -0.119. The molecule has 122 valence electrons. The monoisotopic (exact) mass is 328 g/mol. The first kappa shape index (κ1) is 16.9.